The van der Waals surface area contributed by atoms with Crippen LogP contribution < -0.4 is 10.2 Å². The summed E-state index contributed by atoms with van der Waals surface area (Å²) in [6, 6.07) is 7.36. The highest BCUT2D eigenvalue weighted by molar-refractivity contribution is 6.09. The minimum absolute atomic E-state index is 0.111. The van der Waals surface area contributed by atoms with E-state index in [2.05, 4.69) is 5.32 Å². The number of carbonyl (C=O) groups excluding carboxylic acids is 2. The molecule has 2 aromatic rings. The molecule has 1 aliphatic carbocycles. The maximum absolute atomic E-state index is 13.5. The standard InChI is InChI=1S/C23H20F4N2O2/c1-2-20(30)29(19-9-5-6-16(14-19)23(25,26)27)21(15-10-12-17(24)13-11-15)22(31)28-18-7-3-4-8-18/h1,5-6,9-14,18,21H,3-4,7-8H2,(H,28,31). The van der Waals surface area contributed by atoms with Crippen molar-refractivity contribution in [3.63, 3.8) is 0 Å². The third-order valence-corrected chi connectivity index (χ3v) is 5.19. The Balaban J connectivity index is 2.09. The molecule has 0 bridgehead atoms. The largest absolute Gasteiger partial charge is 0.416 e. The van der Waals surface area contributed by atoms with Gasteiger partial charge in [0.15, 0.2) is 0 Å². The van der Waals surface area contributed by atoms with E-state index in [-0.39, 0.29) is 17.3 Å². The molecule has 1 N–H and O–H groups in total. The quantitative estimate of drug-likeness (QED) is 0.554. The Morgan fingerprint density at radius 1 is 1.10 bits per heavy atom. The smallest absolute Gasteiger partial charge is 0.351 e. The highest BCUT2D eigenvalue weighted by Gasteiger charge is 2.36. The maximum atomic E-state index is 13.5. The predicted octanol–water partition coefficient (Wildman–Crippen LogP) is 4.61. The number of hydrogen-bond acceptors (Lipinski definition) is 2. The molecule has 1 saturated carbocycles. The van der Waals surface area contributed by atoms with Crippen molar-refractivity contribution < 1.29 is 27.2 Å². The molecule has 0 aromatic heterocycles. The lowest BCUT2D eigenvalue weighted by molar-refractivity contribution is -0.137. The lowest BCUT2D eigenvalue weighted by Gasteiger charge is -2.31. The molecule has 1 unspecified atom stereocenters. The molecule has 4 nitrogen and oxygen atoms in total. The second-order valence-corrected chi connectivity index (χ2v) is 7.31. The molecule has 162 valence electrons. The monoisotopic (exact) mass is 432 g/mol. The van der Waals surface area contributed by atoms with Crippen molar-refractivity contribution in [2.24, 2.45) is 0 Å². The molecule has 0 heterocycles. The van der Waals surface area contributed by atoms with Gasteiger partial charge in [0.1, 0.15) is 11.9 Å². The van der Waals surface area contributed by atoms with Crippen molar-refractivity contribution in [3.8, 4) is 12.3 Å². The summed E-state index contributed by atoms with van der Waals surface area (Å²) >= 11 is 0. The van der Waals surface area contributed by atoms with Crippen LogP contribution in [0.1, 0.15) is 42.9 Å². The number of anilines is 1. The summed E-state index contributed by atoms with van der Waals surface area (Å²) in [5.41, 5.74) is -0.958. The average molecular weight is 432 g/mol. The van der Waals surface area contributed by atoms with E-state index in [0.29, 0.717) is 0 Å². The van der Waals surface area contributed by atoms with Gasteiger partial charge in [0.2, 0.25) is 5.91 Å². The van der Waals surface area contributed by atoms with Crippen LogP contribution >= 0.6 is 0 Å². The van der Waals surface area contributed by atoms with Crippen LogP contribution in [0.25, 0.3) is 0 Å². The van der Waals surface area contributed by atoms with Crippen LogP contribution in [-0.4, -0.2) is 17.9 Å². The van der Waals surface area contributed by atoms with Gasteiger partial charge in [-0.3, -0.25) is 14.5 Å². The fraction of sp³-hybridized carbons (Fsp3) is 0.304. The molecule has 31 heavy (non-hydrogen) atoms. The predicted molar refractivity (Wildman–Crippen MR) is 107 cm³/mol. The Bertz CT molecular complexity index is 990. The van der Waals surface area contributed by atoms with Crippen molar-refractivity contribution >= 4 is 17.5 Å². The van der Waals surface area contributed by atoms with Gasteiger partial charge < -0.3 is 5.32 Å². The van der Waals surface area contributed by atoms with Crippen LogP contribution in [0.5, 0.6) is 0 Å². The number of carbonyl (C=O) groups is 2. The van der Waals surface area contributed by atoms with Crippen LogP contribution in [0.3, 0.4) is 0 Å². The SMILES string of the molecule is C#CC(=O)N(c1cccc(C(F)(F)F)c1)C(C(=O)NC1CCCC1)c1ccc(F)cc1. The minimum Gasteiger partial charge on any atom is -0.351 e. The van der Waals surface area contributed by atoms with Gasteiger partial charge >= 0.3 is 12.1 Å². The number of benzene rings is 2. The van der Waals surface area contributed by atoms with Crippen LogP contribution in [0.4, 0.5) is 23.2 Å². The van der Waals surface area contributed by atoms with Gasteiger partial charge in [-0.25, -0.2) is 4.39 Å². The van der Waals surface area contributed by atoms with Gasteiger partial charge in [0, 0.05) is 11.7 Å². The van der Waals surface area contributed by atoms with Gasteiger partial charge in [-0.05, 0) is 54.7 Å². The van der Waals surface area contributed by atoms with Crippen LogP contribution in [0.2, 0.25) is 0 Å². The molecule has 1 aliphatic rings. The van der Waals surface area contributed by atoms with Crippen molar-refractivity contribution in [1.82, 2.24) is 5.32 Å². The van der Waals surface area contributed by atoms with E-state index in [1.165, 1.54) is 18.2 Å². The van der Waals surface area contributed by atoms with E-state index in [4.69, 9.17) is 6.42 Å². The Morgan fingerprint density at radius 2 is 1.74 bits per heavy atom. The molecule has 0 radical (unpaired) electrons. The molecule has 0 aliphatic heterocycles. The zero-order valence-electron chi connectivity index (χ0n) is 16.5. The van der Waals surface area contributed by atoms with Crippen molar-refractivity contribution in [1.29, 1.82) is 0 Å². The fourth-order valence-electron chi connectivity index (χ4n) is 3.70. The first kappa shape index (κ1) is 22.3. The number of alkyl halides is 3. The minimum atomic E-state index is -4.65. The molecular formula is C23H20F4N2O2. The first-order valence-corrected chi connectivity index (χ1v) is 9.73. The van der Waals surface area contributed by atoms with Crippen molar-refractivity contribution in [2.75, 3.05) is 4.90 Å². The van der Waals surface area contributed by atoms with Crippen molar-refractivity contribution in [2.45, 2.75) is 43.9 Å². The maximum Gasteiger partial charge on any atom is 0.416 e. The Morgan fingerprint density at radius 3 is 2.32 bits per heavy atom. The third-order valence-electron chi connectivity index (χ3n) is 5.19. The summed E-state index contributed by atoms with van der Waals surface area (Å²) in [5.74, 6) is -0.267. The summed E-state index contributed by atoms with van der Waals surface area (Å²) < 4.78 is 53.2. The molecule has 1 atom stereocenters. The van der Waals surface area contributed by atoms with Gasteiger partial charge in [-0.1, -0.05) is 31.0 Å². The Kier molecular flexibility index (Phi) is 6.64. The average Bonchev–Trinajstić information content (AvgIpc) is 3.24. The van der Waals surface area contributed by atoms with Crippen LogP contribution in [0, 0.1) is 18.2 Å². The van der Waals surface area contributed by atoms with Crippen LogP contribution in [0.15, 0.2) is 48.5 Å². The zero-order valence-corrected chi connectivity index (χ0v) is 16.5. The number of nitrogens with one attached hydrogen (secondary N) is 1. The molecule has 1 fully saturated rings. The number of nitrogens with zero attached hydrogens (tertiary/aromatic N) is 1. The fourth-order valence-corrected chi connectivity index (χ4v) is 3.70. The molecule has 2 amide bonds. The topological polar surface area (TPSA) is 49.4 Å². The van der Waals surface area contributed by atoms with Gasteiger partial charge in [0.05, 0.1) is 5.56 Å². The molecule has 0 spiro atoms. The second-order valence-electron chi connectivity index (χ2n) is 7.31. The number of halogens is 4. The molecule has 0 saturated heterocycles. The Hall–Kier alpha value is -3.34. The van der Waals surface area contributed by atoms with E-state index in [1.807, 2.05) is 5.92 Å². The molecule has 3 rings (SSSR count). The molecule has 2 aromatic carbocycles. The lowest BCUT2D eigenvalue weighted by Crippen LogP contribution is -2.46. The summed E-state index contributed by atoms with van der Waals surface area (Å²) in [7, 11) is 0. The summed E-state index contributed by atoms with van der Waals surface area (Å²) in [4.78, 5) is 26.7. The molecular weight excluding hydrogens is 412 g/mol. The van der Waals surface area contributed by atoms with Crippen molar-refractivity contribution in [3.05, 3.63) is 65.5 Å². The van der Waals surface area contributed by atoms with Gasteiger partial charge in [-0.2, -0.15) is 13.2 Å². The summed E-state index contributed by atoms with van der Waals surface area (Å²) in [6.45, 7) is 0. The van der Waals surface area contributed by atoms with E-state index in [1.54, 1.807) is 0 Å². The number of rotatable bonds is 5. The second kappa shape index (κ2) is 9.21. The number of hydrogen-bond donors (Lipinski definition) is 1. The van der Waals surface area contributed by atoms with Crippen LogP contribution in [-0.2, 0) is 15.8 Å². The lowest BCUT2D eigenvalue weighted by atomic mass is 10.0. The number of amides is 2. The van der Waals surface area contributed by atoms with E-state index < -0.39 is 35.4 Å². The van der Waals surface area contributed by atoms with Gasteiger partial charge in [-0.15, -0.1) is 6.42 Å². The van der Waals surface area contributed by atoms with Gasteiger partial charge in [0.25, 0.3) is 0 Å². The molecule has 8 heteroatoms. The zero-order chi connectivity index (χ0) is 22.6. The summed E-state index contributed by atoms with van der Waals surface area (Å²) in [5, 5.41) is 2.85. The highest BCUT2D eigenvalue weighted by Crippen LogP contribution is 2.35. The van der Waals surface area contributed by atoms with E-state index in [9.17, 15) is 27.2 Å². The third kappa shape index (κ3) is 5.23. The summed E-state index contributed by atoms with van der Waals surface area (Å²) in [6.07, 6.45) is 4.02. The number of terminal acetylenes is 1. The Labute approximate surface area is 177 Å². The van der Waals surface area contributed by atoms with E-state index >= 15 is 0 Å². The normalized spacial score (nSPS) is 15.2. The highest BCUT2D eigenvalue weighted by atomic mass is 19.4. The van der Waals surface area contributed by atoms with E-state index in [0.717, 1.165) is 60.9 Å². The first-order valence-electron chi connectivity index (χ1n) is 9.73. The first-order chi connectivity index (χ1) is 14.7.